The van der Waals surface area contributed by atoms with Gasteiger partial charge in [0.25, 0.3) is 0 Å². The lowest BCUT2D eigenvalue weighted by atomic mass is 10.0. The average Bonchev–Trinajstić information content (AvgIpc) is 2.42. The van der Waals surface area contributed by atoms with Crippen molar-refractivity contribution in [2.75, 3.05) is 0 Å². The Kier molecular flexibility index (Phi) is 5.21. The maximum atomic E-state index is 13.4. The number of halogens is 2. The lowest BCUT2D eigenvalue weighted by Gasteiger charge is -2.16. The van der Waals surface area contributed by atoms with E-state index in [0.717, 1.165) is 23.3 Å². The molecule has 0 saturated heterocycles. The van der Waals surface area contributed by atoms with Crippen molar-refractivity contribution in [2.24, 2.45) is 5.73 Å². The Balaban J connectivity index is 2.21. The first-order chi connectivity index (χ1) is 9.99. The number of para-hydroxylation sites is 1. The number of nitrogens with two attached hydrogens (primary N) is 1. The molecule has 2 N–H and O–H groups in total. The molecule has 0 aliphatic heterocycles. The van der Waals surface area contributed by atoms with Crippen LogP contribution in [0.25, 0.3) is 0 Å². The van der Waals surface area contributed by atoms with Crippen LogP contribution < -0.4 is 10.5 Å². The van der Waals surface area contributed by atoms with Gasteiger partial charge < -0.3 is 10.5 Å². The molecular weight excluding hydrogens is 289 g/mol. The molecule has 0 bridgehead atoms. The second-order valence-corrected chi connectivity index (χ2v) is 5.62. The Bertz CT molecular complexity index is 628. The first-order valence-corrected chi connectivity index (χ1v) is 7.26. The third-order valence-electron chi connectivity index (χ3n) is 3.24. The van der Waals surface area contributed by atoms with Gasteiger partial charge in [-0.3, -0.25) is 0 Å². The van der Waals surface area contributed by atoms with E-state index in [0.29, 0.717) is 5.56 Å². The maximum absolute atomic E-state index is 13.4. The van der Waals surface area contributed by atoms with Gasteiger partial charge in [0.05, 0.1) is 5.02 Å². The molecule has 0 spiro atoms. The fourth-order valence-electron chi connectivity index (χ4n) is 2.24. The minimum Gasteiger partial charge on any atom is -0.488 e. The van der Waals surface area contributed by atoms with Crippen LogP contribution >= 0.6 is 11.6 Å². The van der Waals surface area contributed by atoms with Crippen molar-refractivity contribution in [1.29, 1.82) is 0 Å². The van der Waals surface area contributed by atoms with Crippen molar-refractivity contribution < 1.29 is 9.13 Å². The molecule has 0 heterocycles. The predicted molar refractivity (Wildman–Crippen MR) is 84.3 cm³/mol. The summed E-state index contributed by atoms with van der Waals surface area (Å²) in [6.07, 6.45) is 0.730. The van der Waals surface area contributed by atoms with E-state index in [9.17, 15) is 4.39 Å². The molecule has 112 valence electrons. The number of aryl methyl sites for hydroxylation is 1. The molecule has 0 saturated carbocycles. The molecule has 2 nitrogen and oxygen atoms in total. The largest absolute Gasteiger partial charge is 0.488 e. The van der Waals surface area contributed by atoms with E-state index >= 15 is 0 Å². The predicted octanol–water partition coefficient (Wildman–Crippen LogP) is 4.26. The zero-order chi connectivity index (χ0) is 15.4. The fourth-order valence-corrected chi connectivity index (χ4v) is 2.42. The van der Waals surface area contributed by atoms with Crippen molar-refractivity contribution in [3.05, 3.63) is 63.9 Å². The Labute approximate surface area is 129 Å². The van der Waals surface area contributed by atoms with Gasteiger partial charge in [-0.25, -0.2) is 4.39 Å². The molecule has 21 heavy (non-hydrogen) atoms. The molecule has 4 heteroatoms. The van der Waals surface area contributed by atoms with E-state index in [2.05, 4.69) is 0 Å². The third-order valence-corrected chi connectivity index (χ3v) is 3.66. The Morgan fingerprint density at radius 1 is 1.19 bits per heavy atom. The highest BCUT2D eigenvalue weighted by molar-refractivity contribution is 6.31. The monoisotopic (exact) mass is 307 g/mol. The second-order valence-electron chi connectivity index (χ2n) is 5.25. The summed E-state index contributed by atoms with van der Waals surface area (Å²) in [5, 5.41) is 0.111. The minimum absolute atomic E-state index is 0.0481. The minimum atomic E-state index is -0.432. The summed E-state index contributed by atoms with van der Waals surface area (Å²) in [4.78, 5) is 0. The van der Waals surface area contributed by atoms with Crippen molar-refractivity contribution in [3.8, 4) is 5.75 Å². The van der Waals surface area contributed by atoms with Crippen molar-refractivity contribution in [3.63, 3.8) is 0 Å². The van der Waals surface area contributed by atoms with Crippen LogP contribution in [0.5, 0.6) is 5.75 Å². The lowest BCUT2D eigenvalue weighted by Crippen LogP contribution is -2.18. The first kappa shape index (κ1) is 15.8. The molecule has 1 unspecified atom stereocenters. The van der Waals surface area contributed by atoms with Crippen LogP contribution in [0.1, 0.15) is 23.6 Å². The maximum Gasteiger partial charge on any atom is 0.142 e. The Morgan fingerprint density at radius 2 is 1.86 bits per heavy atom. The summed E-state index contributed by atoms with van der Waals surface area (Å²) in [6.45, 7) is 4.16. The molecule has 0 aromatic heterocycles. The third kappa shape index (κ3) is 3.96. The highest BCUT2D eigenvalue weighted by Gasteiger charge is 2.11. The summed E-state index contributed by atoms with van der Waals surface area (Å²) in [6, 6.07) is 10.7. The number of hydrogen-bond acceptors (Lipinski definition) is 2. The van der Waals surface area contributed by atoms with Gasteiger partial charge in [-0.05, 0) is 37.5 Å². The van der Waals surface area contributed by atoms with Gasteiger partial charge >= 0.3 is 0 Å². The van der Waals surface area contributed by atoms with Crippen LogP contribution in [0, 0.1) is 12.7 Å². The standard InChI is InChI=1S/C17H19ClFNO/c1-11-5-3-6-13(9-12(2)20)17(11)21-10-14-7-4-8-15(19)16(14)18/h3-8,12H,9-10,20H2,1-2H3. The fraction of sp³-hybridized carbons (Fsp3) is 0.294. The molecule has 2 aromatic rings. The number of hydrogen-bond donors (Lipinski definition) is 1. The van der Waals surface area contributed by atoms with E-state index in [1.165, 1.54) is 6.07 Å². The number of benzene rings is 2. The van der Waals surface area contributed by atoms with E-state index in [1.54, 1.807) is 12.1 Å². The highest BCUT2D eigenvalue weighted by Crippen LogP contribution is 2.27. The second kappa shape index (κ2) is 6.92. The highest BCUT2D eigenvalue weighted by atomic mass is 35.5. The van der Waals surface area contributed by atoms with Gasteiger partial charge in [0.2, 0.25) is 0 Å². The van der Waals surface area contributed by atoms with E-state index < -0.39 is 5.82 Å². The van der Waals surface area contributed by atoms with E-state index in [-0.39, 0.29) is 17.7 Å². The molecule has 0 aliphatic rings. The van der Waals surface area contributed by atoms with Gasteiger partial charge in [0.1, 0.15) is 18.2 Å². The molecule has 0 aliphatic carbocycles. The zero-order valence-corrected chi connectivity index (χ0v) is 13.0. The van der Waals surface area contributed by atoms with E-state index in [1.807, 2.05) is 32.0 Å². The molecule has 2 aromatic carbocycles. The number of ether oxygens (including phenoxy) is 1. The summed E-state index contributed by atoms with van der Waals surface area (Å²) in [5.74, 6) is 0.369. The Morgan fingerprint density at radius 3 is 2.57 bits per heavy atom. The number of rotatable bonds is 5. The topological polar surface area (TPSA) is 35.2 Å². The smallest absolute Gasteiger partial charge is 0.142 e. The van der Waals surface area contributed by atoms with E-state index in [4.69, 9.17) is 22.1 Å². The summed E-state index contributed by atoms with van der Waals surface area (Å²) >= 11 is 5.95. The summed E-state index contributed by atoms with van der Waals surface area (Å²) in [7, 11) is 0. The Hall–Kier alpha value is -1.58. The molecule has 0 amide bonds. The first-order valence-electron chi connectivity index (χ1n) is 6.88. The van der Waals surface area contributed by atoms with Gasteiger partial charge in [-0.15, -0.1) is 0 Å². The van der Waals surface area contributed by atoms with Crippen molar-refractivity contribution >= 4 is 11.6 Å². The quantitative estimate of drug-likeness (QED) is 0.896. The van der Waals surface area contributed by atoms with Crippen molar-refractivity contribution in [1.82, 2.24) is 0 Å². The molecule has 2 rings (SSSR count). The zero-order valence-electron chi connectivity index (χ0n) is 12.2. The van der Waals surface area contributed by atoms with Gasteiger partial charge in [0, 0.05) is 11.6 Å². The van der Waals surface area contributed by atoms with Crippen LogP contribution in [0.2, 0.25) is 5.02 Å². The van der Waals surface area contributed by atoms with Gasteiger partial charge in [-0.1, -0.05) is 41.9 Å². The summed E-state index contributed by atoms with van der Waals surface area (Å²) < 4.78 is 19.3. The molecule has 0 fully saturated rings. The lowest BCUT2D eigenvalue weighted by molar-refractivity contribution is 0.299. The van der Waals surface area contributed by atoms with Crippen LogP contribution in [0.15, 0.2) is 36.4 Å². The van der Waals surface area contributed by atoms with Crippen LogP contribution in [-0.2, 0) is 13.0 Å². The summed E-state index contributed by atoms with van der Waals surface area (Å²) in [5.41, 5.74) is 8.58. The molecule has 1 atom stereocenters. The van der Waals surface area contributed by atoms with Crippen molar-refractivity contribution in [2.45, 2.75) is 32.9 Å². The molecular formula is C17H19ClFNO. The molecule has 0 radical (unpaired) electrons. The van der Waals surface area contributed by atoms with Crippen LogP contribution in [0.3, 0.4) is 0 Å². The normalized spacial score (nSPS) is 12.2. The van der Waals surface area contributed by atoms with Gasteiger partial charge in [0.15, 0.2) is 0 Å². The average molecular weight is 308 g/mol. The van der Waals surface area contributed by atoms with Crippen LogP contribution in [0.4, 0.5) is 4.39 Å². The van der Waals surface area contributed by atoms with Crippen LogP contribution in [-0.4, -0.2) is 6.04 Å². The van der Waals surface area contributed by atoms with Gasteiger partial charge in [-0.2, -0.15) is 0 Å². The SMILES string of the molecule is Cc1cccc(CC(C)N)c1OCc1cccc(F)c1Cl.